The van der Waals surface area contributed by atoms with Crippen LogP contribution < -0.4 is 5.32 Å². The van der Waals surface area contributed by atoms with Crippen LogP contribution in [0.2, 0.25) is 0 Å². The molecule has 0 saturated carbocycles. The first-order valence-corrected chi connectivity index (χ1v) is 5.86. The van der Waals surface area contributed by atoms with Crippen LogP contribution in [0.5, 0.6) is 0 Å². The number of ether oxygens (including phenoxy) is 1. The van der Waals surface area contributed by atoms with E-state index in [0.29, 0.717) is 12.3 Å². The molecule has 0 bridgehead atoms. The summed E-state index contributed by atoms with van der Waals surface area (Å²) in [4.78, 5) is 11.5. The van der Waals surface area contributed by atoms with E-state index >= 15 is 0 Å². The molecule has 1 atom stereocenters. The van der Waals surface area contributed by atoms with Crippen molar-refractivity contribution in [2.45, 2.75) is 59.1 Å². The van der Waals surface area contributed by atoms with Crippen molar-refractivity contribution in [3.8, 4) is 0 Å². The number of carbonyl (C=O) groups excluding carboxylic acids is 1. The Hall–Kier alpha value is -0.770. The molecule has 0 aromatic carbocycles. The molecule has 0 rings (SSSR count). The lowest BCUT2D eigenvalue weighted by Crippen LogP contribution is -2.41. The molecular weight excluding hydrogens is 206 g/mol. The Bertz CT molecular complexity index is 209. The number of nitrogens with one attached hydrogen (secondary N) is 1. The molecule has 1 amide bonds. The third-order valence-electron chi connectivity index (χ3n) is 2.18. The highest BCUT2D eigenvalue weighted by molar-refractivity contribution is 5.68. The minimum absolute atomic E-state index is 0.0574. The molecule has 0 aromatic heterocycles. The first-order valence-electron chi connectivity index (χ1n) is 5.86. The fourth-order valence-corrected chi connectivity index (χ4v) is 1.34. The lowest BCUT2D eigenvalue weighted by atomic mass is 10.00. The van der Waals surface area contributed by atoms with E-state index in [1.165, 1.54) is 0 Å². The van der Waals surface area contributed by atoms with Gasteiger partial charge >= 0.3 is 6.09 Å². The van der Waals surface area contributed by atoms with Crippen LogP contribution in [-0.2, 0) is 4.74 Å². The predicted octanol–water partition coefficient (Wildman–Crippen LogP) is 2.31. The number of rotatable bonds is 5. The van der Waals surface area contributed by atoms with Crippen molar-refractivity contribution < 1.29 is 14.6 Å². The fourth-order valence-electron chi connectivity index (χ4n) is 1.34. The SMILES string of the molecule is CC(C)[C@@H](CCCO)NC(=O)OC(C)(C)C. The van der Waals surface area contributed by atoms with Gasteiger partial charge in [0, 0.05) is 12.6 Å². The predicted molar refractivity (Wildman–Crippen MR) is 64.3 cm³/mol. The molecule has 0 saturated heterocycles. The summed E-state index contributed by atoms with van der Waals surface area (Å²) in [6.45, 7) is 9.75. The number of hydrogen-bond acceptors (Lipinski definition) is 3. The van der Waals surface area contributed by atoms with Gasteiger partial charge in [0.15, 0.2) is 0 Å². The van der Waals surface area contributed by atoms with Crippen LogP contribution in [0.15, 0.2) is 0 Å². The topological polar surface area (TPSA) is 58.6 Å². The first-order chi connectivity index (χ1) is 7.26. The minimum Gasteiger partial charge on any atom is -0.444 e. The van der Waals surface area contributed by atoms with Gasteiger partial charge in [0.25, 0.3) is 0 Å². The molecule has 16 heavy (non-hydrogen) atoms. The zero-order valence-corrected chi connectivity index (χ0v) is 11.0. The van der Waals surface area contributed by atoms with E-state index < -0.39 is 5.60 Å². The molecule has 0 aliphatic rings. The zero-order chi connectivity index (χ0) is 12.8. The van der Waals surface area contributed by atoms with E-state index in [4.69, 9.17) is 9.84 Å². The van der Waals surface area contributed by atoms with Gasteiger partial charge in [-0.1, -0.05) is 13.8 Å². The highest BCUT2D eigenvalue weighted by Crippen LogP contribution is 2.11. The van der Waals surface area contributed by atoms with Crippen molar-refractivity contribution in [1.29, 1.82) is 0 Å². The Morgan fingerprint density at radius 1 is 1.38 bits per heavy atom. The number of carbonyl (C=O) groups is 1. The Morgan fingerprint density at radius 3 is 2.31 bits per heavy atom. The molecule has 0 aromatic rings. The van der Waals surface area contributed by atoms with E-state index in [2.05, 4.69) is 5.32 Å². The van der Waals surface area contributed by atoms with E-state index in [9.17, 15) is 4.79 Å². The lowest BCUT2D eigenvalue weighted by Gasteiger charge is -2.25. The van der Waals surface area contributed by atoms with Crippen LogP contribution in [0.25, 0.3) is 0 Å². The first kappa shape index (κ1) is 15.2. The standard InChI is InChI=1S/C12H25NO3/c1-9(2)10(7-6-8-14)13-11(15)16-12(3,4)5/h9-10,14H,6-8H2,1-5H3,(H,13,15)/t10-/m1/s1. The summed E-state index contributed by atoms with van der Waals surface area (Å²) in [6, 6.07) is 0.0574. The molecule has 0 aliphatic heterocycles. The third-order valence-corrected chi connectivity index (χ3v) is 2.18. The van der Waals surface area contributed by atoms with Gasteiger partial charge in [0.05, 0.1) is 0 Å². The number of hydrogen-bond donors (Lipinski definition) is 2. The zero-order valence-electron chi connectivity index (χ0n) is 11.0. The van der Waals surface area contributed by atoms with Gasteiger partial charge in [-0.25, -0.2) is 4.79 Å². The summed E-state index contributed by atoms with van der Waals surface area (Å²) < 4.78 is 5.19. The molecule has 0 heterocycles. The van der Waals surface area contributed by atoms with Gasteiger partial charge in [0.2, 0.25) is 0 Å². The minimum atomic E-state index is -0.470. The molecule has 0 fully saturated rings. The summed E-state index contributed by atoms with van der Waals surface area (Å²) in [5.74, 6) is 0.332. The molecule has 0 radical (unpaired) electrons. The molecule has 96 valence electrons. The van der Waals surface area contributed by atoms with Crippen molar-refractivity contribution in [3.05, 3.63) is 0 Å². The van der Waals surface area contributed by atoms with Crippen LogP contribution >= 0.6 is 0 Å². The average molecular weight is 231 g/mol. The van der Waals surface area contributed by atoms with Crippen LogP contribution in [0.3, 0.4) is 0 Å². The largest absolute Gasteiger partial charge is 0.444 e. The van der Waals surface area contributed by atoms with Crippen molar-refractivity contribution in [1.82, 2.24) is 5.32 Å². The molecule has 2 N–H and O–H groups in total. The maximum atomic E-state index is 11.5. The number of alkyl carbamates (subject to hydrolysis) is 1. The van der Waals surface area contributed by atoms with Crippen molar-refractivity contribution in [2.24, 2.45) is 5.92 Å². The summed E-state index contributed by atoms with van der Waals surface area (Å²) in [5, 5.41) is 11.6. The second-order valence-corrected chi connectivity index (χ2v) is 5.36. The van der Waals surface area contributed by atoms with Crippen molar-refractivity contribution in [2.75, 3.05) is 6.61 Å². The summed E-state index contributed by atoms with van der Waals surface area (Å²) >= 11 is 0. The molecule has 0 aliphatic carbocycles. The van der Waals surface area contributed by atoms with Gasteiger partial charge in [-0.2, -0.15) is 0 Å². The van der Waals surface area contributed by atoms with Gasteiger partial charge in [-0.15, -0.1) is 0 Å². The van der Waals surface area contributed by atoms with E-state index in [-0.39, 0.29) is 18.7 Å². The van der Waals surface area contributed by atoms with E-state index in [0.717, 1.165) is 6.42 Å². The van der Waals surface area contributed by atoms with Gasteiger partial charge in [0.1, 0.15) is 5.60 Å². The summed E-state index contributed by atoms with van der Waals surface area (Å²) in [5.41, 5.74) is -0.470. The Morgan fingerprint density at radius 2 is 1.94 bits per heavy atom. The molecule has 4 heteroatoms. The fraction of sp³-hybridized carbons (Fsp3) is 0.917. The van der Waals surface area contributed by atoms with Gasteiger partial charge in [-0.3, -0.25) is 0 Å². The smallest absolute Gasteiger partial charge is 0.407 e. The third kappa shape index (κ3) is 7.51. The Balaban J connectivity index is 4.13. The van der Waals surface area contributed by atoms with Gasteiger partial charge in [-0.05, 0) is 39.5 Å². The van der Waals surface area contributed by atoms with Crippen molar-refractivity contribution in [3.63, 3.8) is 0 Å². The Labute approximate surface area is 98.4 Å². The maximum Gasteiger partial charge on any atom is 0.407 e. The summed E-state index contributed by atoms with van der Waals surface area (Å²) in [6.07, 6.45) is 1.08. The van der Waals surface area contributed by atoms with Crippen LogP contribution in [0.4, 0.5) is 4.79 Å². The second-order valence-electron chi connectivity index (χ2n) is 5.36. The van der Waals surface area contributed by atoms with E-state index in [1.807, 2.05) is 34.6 Å². The van der Waals surface area contributed by atoms with Crippen LogP contribution in [0, 0.1) is 5.92 Å². The molecule has 0 spiro atoms. The monoisotopic (exact) mass is 231 g/mol. The average Bonchev–Trinajstić information content (AvgIpc) is 2.08. The molecular formula is C12H25NO3. The highest BCUT2D eigenvalue weighted by atomic mass is 16.6. The van der Waals surface area contributed by atoms with Gasteiger partial charge < -0.3 is 15.2 Å². The Kier molecular flexibility index (Phi) is 6.41. The number of amides is 1. The molecule has 4 nitrogen and oxygen atoms in total. The maximum absolute atomic E-state index is 11.5. The van der Waals surface area contributed by atoms with Crippen LogP contribution in [-0.4, -0.2) is 29.4 Å². The highest BCUT2D eigenvalue weighted by Gasteiger charge is 2.20. The second kappa shape index (κ2) is 6.74. The molecule has 0 unspecified atom stereocenters. The van der Waals surface area contributed by atoms with Crippen LogP contribution in [0.1, 0.15) is 47.5 Å². The quantitative estimate of drug-likeness (QED) is 0.763. The summed E-state index contributed by atoms with van der Waals surface area (Å²) in [7, 11) is 0. The lowest BCUT2D eigenvalue weighted by molar-refractivity contribution is 0.0484. The number of aliphatic hydroxyl groups is 1. The van der Waals surface area contributed by atoms with Crippen molar-refractivity contribution >= 4 is 6.09 Å². The number of aliphatic hydroxyl groups excluding tert-OH is 1. The normalized spacial score (nSPS) is 13.7. The van der Waals surface area contributed by atoms with E-state index in [1.54, 1.807) is 0 Å².